The molecule has 2 N–H and O–H groups in total. The van der Waals surface area contributed by atoms with Gasteiger partial charge in [-0.05, 0) is 11.6 Å². The molecule has 2 nitrogen and oxygen atoms in total. The van der Waals surface area contributed by atoms with E-state index in [4.69, 9.17) is 5.73 Å². The number of hydrogen-bond donors (Lipinski definition) is 1. The van der Waals surface area contributed by atoms with Crippen LogP contribution >= 0.6 is 0 Å². The Balaban J connectivity index is 2.46. The number of carbonyl (C=O) groups is 1. The maximum Gasteiger partial charge on any atom is 0.249 e. The fraction of sp³-hybridized carbons (Fsp3) is 0.0833. The van der Waals surface area contributed by atoms with Crippen molar-refractivity contribution in [1.82, 2.24) is 0 Å². The Labute approximate surface area is 82.7 Å². The van der Waals surface area contributed by atoms with Gasteiger partial charge in [0.15, 0.2) is 0 Å². The second-order valence-electron chi connectivity index (χ2n) is 3.25. The molecule has 1 aliphatic carbocycles. The first-order valence-corrected chi connectivity index (χ1v) is 4.53. The summed E-state index contributed by atoms with van der Waals surface area (Å²) in [5, 5.41) is 0. The molecule has 0 unspecified atom stereocenters. The molecule has 0 saturated carbocycles. The number of carbonyl (C=O) groups excluding carboxylic acids is 1. The molecule has 0 spiro atoms. The van der Waals surface area contributed by atoms with Crippen molar-refractivity contribution in [2.75, 3.05) is 0 Å². The van der Waals surface area contributed by atoms with Crippen LogP contribution in [0.15, 0.2) is 48.6 Å². The third-order valence-corrected chi connectivity index (χ3v) is 2.33. The van der Waals surface area contributed by atoms with Gasteiger partial charge in [0.25, 0.3) is 0 Å². The van der Waals surface area contributed by atoms with Gasteiger partial charge in [-0.25, -0.2) is 0 Å². The van der Waals surface area contributed by atoms with Gasteiger partial charge in [0, 0.05) is 11.5 Å². The summed E-state index contributed by atoms with van der Waals surface area (Å²) < 4.78 is 0. The molecule has 0 aliphatic heterocycles. The third kappa shape index (κ3) is 1.46. The topological polar surface area (TPSA) is 43.1 Å². The van der Waals surface area contributed by atoms with Gasteiger partial charge in [-0.3, -0.25) is 4.79 Å². The number of primary amides is 1. The highest BCUT2D eigenvalue weighted by atomic mass is 16.1. The summed E-state index contributed by atoms with van der Waals surface area (Å²) in [4.78, 5) is 11.2. The maximum atomic E-state index is 11.2. The van der Waals surface area contributed by atoms with Gasteiger partial charge in [0.05, 0.1) is 0 Å². The number of rotatable bonds is 2. The minimum Gasteiger partial charge on any atom is -0.366 e. The van der Waals surface area contributed by atoms with Crippen LogP contribution in [0.4, 0.5) is 0 Å². The fourth-order valence-corrected chi connectivity index (χ4v) is 1.65. The Bertz CT molecular complexity index is 406. The van der Waals surface area contributed by atoms with Crippen LogP contribution in [-0.4, -0.2) is 5.91 Å². The van der Waals surface area contributed by atoms with Crippen molar-refractivity contribution in [3.8, 4) is 0 Å². The van der Waals surface area contributed by atoms with Crippen molar-refractivity contribution in [1.29, 1.82) is 0 Å². The first kappa shape index (κ1) is 8.75. The first-order chi connectivity index (χ1) is 6.79. The molecule has 0 aromatic heterocycles. The smallest absolute Gasteiger partial charge is 0.249 e. The van der Waals surface area contributed by atoms with E-state index in [2.05, 4.69) is 0 Å². The molecule has 1 aromatic carbocycles. The number of benzene rings is 1. The zero-order chi connectivity index (χ0) is 9.97. The van der Waals surface area contributed by atoms with Crippen molar-refractivity contribution >= 4 is 5.91 Å². The summed E-state index contributed by atoms with van der Waals surface area (Å²) in [5.41, 5.74) is 6.88. The lowest BCUT2D eigenvalue weighted by Crippen LogP contribution is -2.14. The summed E-state index contributed by atoms with van der Waals surface area (Å²) in [6.45, 7) is 0. The highest BCUT2D eigenvalue weighted by Gasteiger charge is 2.13. The van der Waals surface area contributed by atoms with Crippen LogP contribution < -0.4 is 5.73 Å². The highest BCUT2D eigenvalue weighted by molar-refractivity contribution is 5.94. The van der Waals surface area contributed by atoms with Crippen molar-refractivity contribution in [2.45, 2.75) is 5.92 Å². The molecule has 14 heavy (non-hydrogen) atoms. The Morgan fingerprint density at radius 2 is 1.79 bits per heavy atom. The molecular formula is C12H11NO. The fourth-order valence-electron chi connectivity index (χ4n) is 1.65. The molecule has 0 atom stereocenters. The largest absolute Gasteiger partial charge is 0.366 e. The van der Waals surface area contributed by atoms with Crippen LogP contribution in [0.25, 0.3) is 0 Å². The third-order valence-electron chi connectivity index (χ3n) is 2.33. The molecule has 0 bridgehead atoms. The summed E-state index contributed by atoms with van der Waals surface area (Å²) in [6.07, 6.45) is 8.04. The number of allylic oxidation sites excluding steroid dienone is 4. The SMILES string of the molecule is NC(=O)c1ccccc1C1C=CC=C1. The summed E-state index contributed by atoms with van der Waals surface area (Å²) in [6, 6.07) is 7.44. The Kier molecular flexibility index (Phi) is 2.19. The van der Waals surface area contributed by atoms with E-state index in [1.165, 1.54) is 0 Å². The zero-order valence-corrected chi connectivity index (χ0v) is 7.68. The van der Waals surface area contributed by atoms with Crippen molar-refractivity contribution in [2.24, 2.45) is 5.73 Å². The van der Waals surface area contributed by atoms with Gasteiger partial charge in [0.2, 0.25) is 5.91 Å². The Morgan fingerprint density at radius 3 is 2.43 bits per heavy atom. The first-order valence-electron chi connectivity index (χ1n) is 4.53. The predicted molar refractivity (Wildman–Crippen MR) is 56.0 cm³/mol. The monoisotopic (exact) mass is 185 g/mol. The lowest BCUT2D eigenvalue weighted by molar-refractivity contribution is 0.0999. The predicted octanol–water partition coefficient (Wildman–Crippen LogP) is 2.00. The summed E-state index contributed by atoms with van der Waals surface area (Å²) >= 11 is 0. The molecule has 70 valence electrons. The van der Waals surface area contributed by atoms with E-state index in [0.29, 0.717) is 5.56 Å². The minimum atomic E-state index is -0.366. The van der Waals surface area contributed by atoms with Crippen molar-refractivity contribution < 1.29 is 4.79 Å². The van der Waals surface area contributed by atoms with E-state index in [9.17, 15) is 4.79 Å². The van der Waals surface area contributed by atoms with Crippen LogP contribution in [0, 0.1) is 0 Å². The molecule has 1 aliphatic rings. The lowest BCUT2D eigenvalue weighted by atomic mass is 9.95. The van der Waals surface area contributed by atoms with Crippen molar-refractivity contribution in [3.05, 3.63) is 59.7 Å². The lowest BCUT2D eigenvalue weighted by Gasteiger charge is -2.09. The summed E-state index contributed by atoms with van der Waals surface area (Å²) in [5.74, 6) is -0.173. The van der Waals surface area contributed by atoms with Gasteiger partial charge in [-0.2, -0.15) is 0 Å². The molecule has 0 radical (unpaired) electrons. The minimum absolute atomic E-state index is 0.193. The molecule has 1 amide bonds. The molecule has 2 rings (SSSR count). The van der Waals surface area contributed by atoms with Gasteiger partial charge < -0.3 is 5.73 Å². The van der Waals surface area contributed by atoms with Crippen LogP contribution in [0.3, 0.4) is 0 Å². The normalized spacial score (nSPS) is 14.9. The van der Waals surface area contributed by atoms with E-state index >= 15 is 0 Å². The molecule has 1 aromatic rings. The molecule has 0 fully saturated rings. The second-order valence-corrected chi connectivity index (χ2v) is 3.25. The highest BCUT2D eigenvalue weighted by Crippen LogP contribution is 2.25. The van der Waals surface area contributed by atoms with E-state index in [1.807, 2.05) is 42.5 Å². The van der Waals surface area contributed by atoms with Gasteiger partial charge in [-0.1, -0.05) is 42.5 Å². The van der Waals surface area contributed by atoms with Gasteiger partial charge >= 0.3 is 0 Å². The quantitative estimate of drug-likeness (QED) is 0.752. The number of nitrogens with two attached hydrogens (primary N) is 1. The number of hydrogen-bond acceptors (Lipinski definition) is 1. The van der Waals surface area contributed by atoms with E-state index < -0.39 is 0 Å². The van der Waals surface area contributed by atoms with Crippen LogP contribution in [-0.2, 0) is 0 Å². The van der Waals surface area contributed by atoms with Gasteiger partial charge in [-0.15, -0.1) is 0 Å². The molecular weight excluding hydrogens is 174 g/mol. The molecule has 0 heterocycles. The van der Waals surface area contributed by atoms with E-state index in [1.54, 1.807) is 6.07 Å². The van der Waals surface area contributed by atoms with Crippen molar-refractivity contribution in [3.63, 3.8) is 0 Å². The van der Waals surface area contributed by atoms with Gasteiger partial charge in [0.1, 0.15) is 0 Å². The van der Waals surface area contributed by atoms with Crippen LogP contribution in [0.5, 0.6) is 0 Å². The van der Waals surface area contributed by atoms with E-state index in [-0.39, 0.29) is 11.8 Å². The zero-order valence-electron chi connectivity index (χ0n) is 7.68. The summed E-state index contributed by atoms with van der Waals surface area (Å²) in [7, 11) is 0. The Hall–Kier alpha value is -1.83. The average molecular weight is 185 g/mol. The molecule has 2 heteroatoms. The van der Waals surface area contributed by atoms with E-state index in [0.717, 1.165) is 5.56 Å². The van der Waals surface area contributed by atoms with Crippen LogP contribution in [0.2, 0.25) is 0 Å². The maximum absolute atomic E-state index is 11.2. The van der Waals surface area contributed by atoms with Crippen LogP contribution in [0.1, 0.15) is 21.8 Å². The molecule has 0 saturated heterocycles. The average Bonchev–Trinajstić information content (AvgIpc) is 2.70. The Morgan fingerprint density at radius 1 is 1.14 bits per heavy atom. The second kappa shape index (κ2) is 3.50. The number of amides is 1. The standard InChI is InChI=1S/C12H11NO/c13-12(14)11-8-4-3-7-10(11)9-5-1-2-6-9/h1-9H,(H2,13,14).